The number of allylic oxidation sites excluding steroid dienone is 13. The molecule has 0 aromatic carbocycles. The molecule has 0 radical (unpaired) electrons. The van der Waals surface area contributed by atoms with Crippen molar-refractivity contribution in [3.63, 3.8) is 0 Å². The Labute approximate surface area is 149 Å². The van der Waals surface area contributed by atoms with Gasteiger partial charge in [0.1, 0.15) is 5.78 Å². The first-order valence-electron chi connectivity index (χ1n) is 9.23. The molecule has 0 aliphatic heterocycles. The van der Waals surface area contributed by atoms with Crippen LogP contribution >= 0.6 is 0 Å². The molecular formula is C23H24O2. The molecule has 0 heterocycles. The van der Waals surface area contributed by atoms with Crippen molar-refractivity contribution >= 4 is 5.78 Å². The van der Waals surface area contributed by atoms with Gasteiger partial charge < -0.3 is 5.11 Å². The Morgan fingerprint density at radius 3 is 2.56 bits per heavy atom. The second-order valence-corrected chi connectivity index (χ2v) is 7.35. The molecular weight excluding hydrogens is 308 g/mol. The molecule has 0 spiro atoms. The molecule has 2 atom stereocenters. The normalized spacial score (nSPS) is 27.3. The number of rotatable bonds is 6. The van der Waals surface area contributed by atoms with Crippen LogP contribution in [0.1, 0.15) is 38.5 Å². The Morgan fingerprint density at radius 1 is 1.04 bits per heavy atom. The molecule has 0 saturated carbocycles. The predicted octanol–water partition coefficient (Wildman–Crippen LogP) is 5.44. The highest BCUT2D eigenvalue weighted by Gasteiger charge is 2.35. The number of Topliss-reactive ketones (excluding diaryl/α,β-unsaturated/α-hetero) is 1. The van der Waals surface area contributed by atoms with E-state index in [1.807, 2.05) is 6.08 Å². The number of hydrogen-bond donors (Lipinski definition) is 1. The van der Waals surface area contributed by atoms with E-state index in [4.69, 9.17) is 0 Å². The van der Waals surface area contributed by atoms with Crippen LogP contribution in [-0.2, 0) is 4.79 Å². The Morgan fingerprint density at radius 2 is 1.88 bits per heavy atom. The zero-order valence-corrected chi connectivity index (χ0v) is 14.4. The van der Waals surface area contributed by atoms with E-state index in [1.54, 1.807) is 6.08 Å². The Balaban J connectivity index is 1.46. The van der Waals surface area contributed by atoms with Gasteiger partial charge in [-0.3, -0.25) is 4.79 Å². The average molecular weight is 332 g/mol. The molecule has 2 heteroatoms. The molecule has 0 aromatic heterocycles. The smallest absolute Gasteiger partial charge is 0.140 e. The number of ketones is 1. The maximum atomic E-state index is 13.0. The summed E-state index contributed by atoms with van der Waals surface area (Å²) < 4.78 is 0. The lowest BCUT2D eigenvalue weighted by Crippen LogP contribution is -2.20. The summed E-state index contributed by atoms with van der Waals surface area (Å²) in [6.45, 7) is 0. The highest BCUT2D eigenvalue weighted by atomic mass is 16.3. The van der Waals surface area contributed by atoms with Crippen LogP contribution in [0.2, 0.25) is 0 Å². The van der Waals surface area contributed by atoms with Gasteiger partial charge in [-0.05, 0) is 48.8 Å². The number of carbonyl (C=O) groups excluding carboxylic acids is 1. The summed E-state index contributed by atoms with van der Waals surface area (Å²) in [7, 11) is 0. The summed E-state index contributed by atoms with van der Waals surface area (Å²) in [5.41, 5.74) is 5.30. The summed E-state index contributed by atoms with van der Waals surface area (Å²) in [6, 6.07) is 0. The fourth-order valence-corrected chi connectivity index (χ4v) is 4.29. The van der Waals surface area contributed by atoms with Gasteiger partial charge in [-0.2, -0.15) is 0 Å². The lowest BCUT2D eigenvalue weighted by molar-refractivity contribution is -0.122. The summed E-state index contributed by atoms with van der Waals surface area (Å²) in [5.74, 6) is 1.08. The first-order valence-corrected chi connectivity index (χ1v) is 9.23. The van der Waals surface area contributed by atoms with Gasteiger partial charge in [0.25, 0.3) is 0 Å². The van der Waals surface area contributed by atoms with Crippen molar-refractivity contribution in [2.45, 2.75) is 38.5 Å². The fourth-order valence-electron chi connectivity index (χ4n) is 4.29. The van der Waals surface area contributed by atoms with Gasteiger partial charge in [0.15, 0.2) is 0 Å². The minimum atomic E-state index is 0.00575. The lowest BCUT2D eigenvalue weighted by atomic mass is 9.83. The number of hydrogen-bond acceptors (Lipinski definition) is 2. The van der Waals surface area contributed by atoms with E-state index >= 15 is 0 Å². The number of aliphatic hydroxyl groups is 1. The highest BCUT2D eigenvalue weighted by Crippen LogP contribution is 2.43. The third kappa shape index (κ3) is 3.39. The third-order valence-corrected chi connectivity index (χ3v) is 5.70. The maximum Gasteiger partial charge on any atom is 0.140 e. The molecule has 0 fully saturated rings. The van der Waals surface area contributed by atoms with Crippen LogP contribution in [0.25, 0.3) is 0 Å². The van der Waals surface area contributed by atoms with Crippen molar-refractivity contribution in [2.24, 2.45) is 11.8 Å². The van der Waals surface area contributed by atoms with E-state index in [9.17, 15) is 9.90 Å². The van der Waals surface area contributed by atoms with Crippen molar-refractivity contribution < 1.29 is 9.90 Å². The van der Waals surface area contributed by atoms with Crippen molar-refractivity contribution in [1.82, 2.24) is 0 Å². The van der Waals surface area contributed by atoms with E-state index in [1.165, 1.54) is 16.7 Å². The first kappa shape index (κ1) is 16.1. The zero-order chi connectivity index (χ0) is 17.2. The largest absolute Gasteiger partial charge is 0.512 e. The van der Waals surface area contributed by atoms with Crippen molar-refractivity contribution in [3.8, 4) is 0 Å². The van der Waals surface area contributed by atoms with Gasteiger partial charge >= 0.3 is 0 Å². The number of aliphatic hydroxyl groups excluding tert-OH is 1. The summed E-state index contributed by atoms with van der Waals surface area (Å²) in [4.78, 5) is 13.0. The van der Waals surface area contributed by atoms with Crippen LogP contribution in [0, 0.1) is 11.8 Å². The topological polar surface area (TPSA) is 37.3 Å². The molecule has 4 aliphatic rings. The van der Waals surface area contributed by atoms with E-state index in [0.29, 0.717) is 30.3 Å². The standard InChI is InChI=1S/C23H24O2/c24-20-11-9-16(13-20)10-12-23(25)22-15-19(17-5-1-2-6-17)14-21(22)18-7-3-4-8-18/h1-5,7,9,11,15,21-22,24H,6,8,10,12-14H2. The highest BCUT2D eigenvalue weighted by molar-refractivity contribution is 5.85. The van der Waals surface area contributed by atoms with E-state index in [0.717, 1.165) is 31.3 Å². The molecule has 0 amide bonds. The molecule has 0 bridgehead atoms. The first-order chi connectivity index (χ1) is 12.2. The Bertz CT molecular complexity index is 796. The second kappa shape index (κ2) is 6.87. The van der Waals surface area contributed by atoms with Crippen LogP contribution in [0.4, 0.5) is 0 Å². The van der Waals surface area contributed by atoms with E-state index in [-0.39, 0.29) is 5.92 Å². The minimum Gasteiger partial charge on any atom is -0.512 e. The van der Waals surface area contributed by atoms with Crippen LogP contribution in [-0.4, -0.2) is 10.9 Å². The average Bonchev–Trinajstić information content (AvgIpc) is 3.38. The van der Waals surface area contributed by atoms with Crippen molar-refractivity contribution in [1.29, 1.82) is 0 Å². The molecule has 0 aromatic rings. The molecule has 4 rings (SSSR count). The fraction of sp³-hybridized carbons (Fsp3) is 0.348. The summed E-state index contributed by atoms with van der Waals surface area (Å²) >= 11 is 0. The van der Waals surface area contributed by atoms with Gasteiger partial charge in [-0.1, -0.05) is 59.8 Å². The van der Waals surface area contributed by atoms with Gasteiger partial charge in [-0.15, -0.1) is 0 Å². The zero-order valence-electron chi connectivity index (χ0n) is 14.4. The number of carbonyl (C=O) groups is 1. The van der Waals surface area contributed by atoms with Crippen molar-refractivity contribution in [3.05, 3.63) is 82.7 Å². The molecule has 2 nitrogen and oxygen atoms in total. The van der Waals surface area contributed by atoms with E-state index in [2.05, 4.69) is 42.5 Å². The van der Waals surface area contributed by atoms with Crippen molar-refractivity contribution in [2.75, 3.05) is 0 Å². The SMILES string of the molecule is O=C(CCC1=CC=C(O)C1)C1C=C(C2=CC=CC2)CC1C1=CC=CC1. The second-order valence-electron chi connectivity index (χ2n) is 7.35. The summed E-state index contributed by atoms with van der Waals surface area (Å²) in [6.07, 6.45) is 23.8. The Hall–Kier alpha value is -2.35. The summed E-state index contributed by atoms with van der Waals surface area (Å²) in [5, 5.41) is 9.51. The van der Waals surface area contributed by atoms with Crippen LogP contribution in [0.5, 0.6) is 0 Å². The van der Waals surface area contributed by atoms with E-state index < -0.39 is 0 Å². The van der Waals surface area contributed by atoms with Crippen LogP contribution in [0.3, 0.4) is 0 Å². The maximum absolute atomic E-state index is 13.0. The quantitative estimate of drug-likeness (QED) is 0.703. The molecule has 0 saturated heterocycles. The monoisotopic (exact) mass is 332 g/mol. The van der Waals surface area contributed by atoms with Gasteiger partial charge in [0.05, 0.1) is 5.76 Å². The van der Waals surface area contributed by atoms with Crippen LogP contribution in [0.15, 0.2) is 82.7 Å². The van der Waals surface area contributed by atoms with Gasteiger partial charge in [-0.25, -0.2) is 0 Å². The third-order valence-electron chi connectivity index (χ3n) is 5.70. The molecule has 128 valence electrons. The van der Waals surface area contributed by atoms with Gasteiger partial charge in [0.2, 0.25) is 0 Å². The Kier molecular flexibility index (Phi) is 4.44. The molecule has 25 heavy (non-hydrogen) atoms. The molecule has 1 N–H and O–H groups in total. The molecule has 2 unspecified atom stereocenters. The lowest BCUT2D eigenvalue weighted by Gasteiger charge is -2.20. The van der Waals surface area contributed by atoms with Crippen LogP contribution < -0.4 is 0 Å². The van der Waals surface area contributed by atoms with Gasteiger partial charge in [0, 0.05) is 18.8 Å². The predicted molar refractivity (Wildman–Crippen MR) is 101 cm³/mol. The minimum absolute atomic E-state index is 0.00575. The molecule has 4 aliphatic carbocycles.